The summed E-state index contributed by atoms with van der Waals surface area (Å²) < 4.78 is 15.8. The highest BCUT2D eigenvalue weighted by Gasteiger charge is 2.29. The van der Waals surface area contributed by atoms with Gasteiger partial charge in [-0.2, -0.15) is 0 Å². The Hall–Kier alpha value is -3.05. The first kappa shape index (κ1) is 12.5. The summed E-state index contributed by atoms with van der Waals surface area (Å²) >= 11 is 0. The van der Waals surface area contributed by atoms with Crippen molar-refractivity contribution in [2.24, 2.45) is 0 Å². The molecule has 0 saturated carbocycles. The van der Waals surface area contributed by atoms with E-state index in [4.69, 9.17) is 13.9 Å². The fourth-order valence-corrected chi connectivity index (χ4v) is 3.03. The van der Waals surface area contributed by atoms with Crippen molar-refractivity contribution in [2.75, 3.05) is 0 Å². The van der Waals surface area contributed by atoms with E-state index in [1.807, 2.05) is 42.5 Å². The van der Waals surface area contributed by atoms with Crippen LogP contribution in [0.3, 0.4) is 0 Å². The maximum Gasteiger partial charge on any atom is 0.234 e. The molecule has 1 aliphatic heterocycles. The molecular weight excluding hydrogens is 294 g/mol. The monoisotopic (exact) mass is 305 g/mol. The lowest BCUT2D eigenvalue weighted by Crippen LogP contribution is -2.11. The Labute approximate surface area is 130 Å². The van der Waals surface area contributed by atoms with Crippen LogP contribution in [-0.4, -0.2) is 10.1 Å². The standard InChI is InChI=1S/C18H11NO4/c20-17-11(12-3-1-2-8-19-12)9-21-13-6-4-10-5-7-14-18(23-22-14)15(10)16(13)17/h1-9,17,20H. The zero-order chi connectivity index (χ0) is 15.4. The molecule has 1 unspecified atom stereocenters. The van der Waals surface area contributed by atoms with Gasteiger partial charge in [0.1, 0.15) is 11.9 Å². The number of rotatable bonds is 1. The van der Waals surface area contributed by atoms with Gasteiger partial charge in [0.2, 0.25) is 11.2 Å². The summed E-state index contributed by atoms with van der Waals surface area (Å²) in [4.78, 5) is 4.30. The van der Waals surface area contributed by atoms with Crippen molar-refractivity contribution in [1.29, 1.82) is 0 Å². The van der Waals surface area contributed by atoms with Crippen LogP contribution in [0, 0.1) is 0 Å². The van der Waals surface area contributed by atoms with Gasteiger partial charge in [-0.15, -0.1) is 0 Å². The van der Waals surface area contributed by atoms with Crippen molar-refractivity contribution >= 4 is 27.5 Å². The molecule has 4 aromatic rings. The molecule has 2 aromatic carbocycles. The predicted octanol–water partition coefficient (Wildman–Crippen LogP) is 4.04. The third kappa shape index (κ3) is 1.68. The molecule has 1 aliphatic rings. The summed E-state index contributed by atoms with van der Waals surface area (Å²) in [5, 5.41) is 12.7. The van der Waals surface area contributed by atoms with Gasteiger partial charge in [-0.05, 0) is 29.7 Å². The topological polar surface area (TPSA) is 68.6 Å². The van der Waals surface area contributed by atoms with Gasteiger partial charge in [-0.25, -0.2) is 0 Å². The second-order valence-corrected chi connectivity index (χ2v) is 5.44. The van der Waals surface area contributed by atoms with Crippen LogP contribution in [0.1, 0.15) is 17.4 Å². The van der Waals surface area contributed by atoms with Crippen molar-refractivity contribution in [3.8, 4) is 5.75 Å². The number of aliphatic hydroxyl groups excluding tert-OH is 1. The van der Waals surface area contributed by atoms with Gasteiger partial charge in [0.25, 0.3) is 0 Å². The quantitative estimate of drug-likeness (QED) is 0.537. The van der Waals surface area contributed by atoms with Gasteiger partial charge in [0, 0.05) is 22.7 Å². The lowest BCUT2D eigenvalue weighted by molar-refractivity contribution is 0.0602. The van der Waals surface area contributed by atoms with Crippen LogP contribution in [0.5, 0.6) is 5.75 Å². The Bertz CT molecular complexity index is 1050. The molecule has 1 N–H and O–H groups in total. The fraction of sp³-hybridized carbons (Fsp3) is 0.0556. The molecule has 1 atom stereocenters. The van der Waals surface area contributed by atoms with Gasteiger partial charge in [-0.3, -0.25) is 14.1 Å². The first-order chi connectivity index (χ1) is 11.3. The maximum absolute atomic E-state index is 10.9. The third-order valence-electron chi connectivity index (χ3n) is 4.16. The lowest BCUT2D eigenvalue weighted by atomic mass is 9.92. The highest BCUT2D eigenvalue weighted by atomic mass is 17.0. The van der Waals surface area contributed by atoms with Crippen molar-refractivity contribution in [2.45, 2.75) is 6.10 Å². The van der Waals surface area contributed by atoms with Gasteiger partial charge >= 0.3 is 0 Å². The molecule has 0 saturated heterocycles. The van der Waals surface area contributed by atoms with Gasteiger partial charge in [0.05, 0.1) is 12.0 Å². The molecule has 2 aromatic heterocycles. The average Bonchev–Trinajstić information content (AvgIpc) is 2.56. The first-order valence-corrected chi connectivity index (χ1v) is 7.23. The molecule has 0 radical (unpaired) electrons. The zero-order valence-electron chi connectivity index (χ0n) is 11.9. The largest absolute Gasteiger partial charge is 0.464 e. The summed E-state index contributed by atoms with van der Waals surface area (Å²) in [5.41, 5.74) is 3.25. The number of aliphatic hydroxyl groups is 1. The highest BCUT2D eigenvalue weighted by Crippen LogP contribution is 2.45. The molecular formula is C18H11NO4. The highest BCUT2D eigenvalue weighted by molar-refractivity contribution is 6.06. The third-order valence-corrected chi connectivity index (χ3v) is 4.16. The van der Waals surface area contributed by atoms with Gasteiger partial charge in [-0.1, -0.05) is 18.2 Å². The average molecular weight is 305 g/mol. The maximum atomic E-state index is 10.9. The molecule has 3 heterocycles. The minimum Gasteiger partial charge on any atom is -0.464 e. The molecule has 5 heteroatoms. The van der Waals surface area contributed by atoms with Crippen LogP contribution in [0.25, 0.3) is 27.5 Å². The number of aromatic nitrogens is 1. The SMILES string of the molecule is OC1C(c2ccccn2)=COc2ccc3ccc4ooc4c3c21. The Morgan fingerprint density at radius 3 is 2.70 bits per heavy atom. The van der Waals surface area contributed by atoms with Crippen LogP contribution in [-0.2, 0) is 0 Å². The van der Waals surface area contributed by atoms with E-state index < -0.39 is 6.10 Å². The number of benzene rings is 2. The fourth-order valence-electron chi connectivity index (χ4n) is 3.03. The molecule has 0 bridgehead atoms. The summed E-state index contributed by atoms with van der Waals surface area (Å²) in [5.74, 6) is 0.605. The number of ether oxygens (including phenoxy) is 1. The number of hydrogen-bond acceptors (Lipinski definition) is 5. The van der Waals surface area contributed by atoms with Crippen LogP contribution < -0.4 is 4.74 Å². The molecule has 0 amide bonds. The van der Waals surface area contributed by atoms with Gasteiger partial charge < -0.3 is 9.84 Å². The Morgan fingerprint density at radius 1 is 1.00 bits per heavy atom. The molecule has 5 nitrogen and oxygen atoms in total. The van der Waals surface area contributed by atoms with Crippen molar-refractivity contribution in [3.63, 3.8) is 0 Å². The summed E-state index contributed by atoms with van der Waals surface area (Å²) in [6, 6.07) is 13.1. The van der Waals surface area contributed by atoms with Crippen molar-refractivity contribution in [3.05, 3.63) is 66.2 Å². The summed E-state index contributed by atoms with van der Waals surface area (Å²) in [6.07, 6.45) is 2.38. The molecule has 112 valence electrons. The Kier molecular flexibility index (Phi) is 2.43. The summed E-state index contributed by atoms with van der Waals surface area (Å²) in [6.45, 7) is 0. The normalized spacial score (nSPS) is 17.1. The smallest absolute Gasteiger partial charge is 0.234 e. The van der Waals surface area contributed by atoms with Crippen LogP contribution in [0.15, 0.2) is 64.1 Å². The molecule has 23 heavy (non-hydrogen) atoms. The number of nitrogens with zero attached hydrogens (tertiary/aromatic N) is 1. The zero-order valence-corrected chi connectivity index (χ0v) is 11.9. The minimum atomic E-state index is -0.854. The van der Waals surface area contributed by atoms with E-state index in [9.17, 15) is 5.11 Å². The Morgan fingerprint density at radius 2 is 1.91 bits per heavy atom. The molecule has 0 aliphatic carbocycles. The van der Waals surface area contributed by atoms with E-state index in [1.54, 1.807) is 12.5 Å². The molecule has 5 rings (SSSR count). The van der Waals surface area contributed by atoms with E-state index in [2.05, 4.69) is 4.98 Å². The van der Waals surface area contributed by atoms with Crippen molar-refractivity contribution < 1.29 is 19.0 Å². The number of fused-ring (bicyclic) bond motifs is 5. The van der Waals surface area contributed by atoms with Gasteiger partial charge in [0.15, 0.2) is 0 Å². The number of pyridine rings is 1. The first-order valence-electron chi connectivity index (χ1n) is 7.23. The van der Waals surface area contributed by atoms with Crippen LogP contribution in [0.2, 0.25) is 0 Å². The van der Waals surface area contributed by atoms with E-state index >= 15 is 0 Å². The van der Waals surface area contributed by atoms with E-state index in [0.717, 1.165) is 10.8 Å². The molecule has 0 fully saturated rings. The van der Waals surface area contributed by atoms with E-state index in [1.165, 1.54) is 0 Å². The Balaban J connectivity index is 1.77. The van der Waals surface area contributed by atoms with E-state index in [0.29, 0.717) is 33.7 Å². The number of hydrogen-bond donors (Lipinski definition) is 1. The van der Waals surface area contributed by atoms with E-state index in [-0.39, 0.29) is 0 Å². The predicted molar refractivity (Wildman–Crippen MR) is 83.8 cm³/mol. The second kappa shape index (κ2) is 4.47. The second-order valence-electron chi connectivity index (χ2n) is 5.44. The summed E-state index contributed by atoms with van der Waals surface area (Å²) in [7, 11) is 0. The van der Waals surface area contributed by atoms with Crippen LogP contribution >= 0.6 is 0 Å². The minimum absolute atomic E-state index is 0.605. The molecule has 0 spiro atoms. The lowest BCUT2D eigenvalue weighted by Gasteiger charge is -2.24. The van der Waals surface area contributed by atoms with Crippen LogP contribution in [0.4, 0.5) is 0 Å². The van der Waals surface area contributed by atoms with Crippen molar-refractivity contribution in [1.82, 2.24) is 4.98 Å².